The minimum Gasteiger partial charge on any atom is -0.385 e. The molecule has 0 aromatic heterocycles. The zero-order valence-electron chi connectivity index (χ0n) is 10.9. The molecule has 0 fully saturated rings. The van der Waals surface area contributed by atoms with Crippen molar-refractivity contribution in [1.29, 1.82) is 0 Å². The Morgan fingerprint density at radius 2 is 2.06 bits per heavy atom. The summed E-state index contributed by atoms with van der Waals surface area (Å²) in [5.41, 5.74) is 2.50. The fraction of sp³-hybridized carbons (Fsp3) is 0.900. The second-order valence-electron chi connectivity index (χ2n) is 3.42. The average molecular weight is 248 g/mol. The van der Waals surface area contributed by atoms with Gasteiger partial charge in [-0.3, -0.25) is 5.43 Å². The topological polar surface area (TPSA) is 90.1 Å². The highest BCUT2D eigenvalue weighted by molar-refractivity contribution is 5.79. The number of ether oxygens (including phenoxy) is 3. The Bertz CT molecular complexity index is 202. The summed E-state index contributed by atoms with van der Waals surface area (Å²) < 4.78 is 15.1. The van der Waals surface area contributed by atoms with Gasteiger partial charge in [0.25, 0.3) is 0 Å². The number of rotatable bonds is 9. The van der Waals surface area contributed by atoms with Crippen molar-refractivity contribution in [3.63, 3.8) is 0 Å². The monoisotopic (exact) mass is 248 g/mol. The van der Waals surface area contributed by atoms with Crippen LogP contribution in [0, 0.1) is 0 Å². The summed E-state index contributed by atoms with van der Waals surface area (Å²) in [6.45, 7) is 2.44. The van der Waals surface area contributed by atoms with Crippen LogP contribution in [0.4, 0.5) is 0 Å². The first-order valence-electron chi connectivity index (χ1n) is 5.54. The molecule has 0 saturated heterocycles. The van der Waals surface area contributed by atoms with Gasteiger partial charge in [-0.2, -0.15) is 0 Å². The summed E-state index contributed by atoms with van der Waals surface area (Å²) in [5, 5.41) is 3.06. The second kappa shape index (κ2) is 11.6. The molecule has 0 aliphatic carbocycles. The van der Waals surface area contributed by atoms with Crippen LogP contribution in [-0.2, 0) is 14.2 Å². The Hall–Kier alpha value is -0.890. The first-order chi connectivity index (χ1) is 8.28. The second-order valence-corrected chi connectivity index (χ2v) is 3.42. The molecule has 0 rings (SSSR count). The zero-order valence-corrected chi connectivity index (χ0v) is 10.9. The Labute approximate surface area is 103 Å². The molecule has 4 N–H and O–H groups in total. The van der Waals surface area contributed by atoms with Crippen LogP contribution in [0.1, 0.15) is 6.42 Å². The normalized spacial score (nSPS) is 13.5. The molecule has 0 heterocycles. The van der Waals surface area contributed by atoms with Gasteiger partial charge in [-0.15, -0.1) is 0 Å². The molecule has 0 amide bonds. The molecule has 0 radical (unpaired) electrons. The fourth-order valence-electron chi connectivity index (χ4n) is 1.15. The highest BCUT2D eigenvalue weighted by Gasteiger charge is 2.06. The van der Waals surface area contributed by atoms with Gasteiger partial charge in [-0.05, 0) is 6.42 Å². The fourth-order valence-corrected chi connectivity index (χ4v) is 1.15. The van der Waals surface area contributed by atoms with E-state index in [2.05, 4.69) is 15.7 Å². The Morgan fingerprint density at radius 3 is 2.59 bits per heavy atom. The number of methoxy groups -OCH3 is 3. The van der Waals surface area contributed by atoms with Gasteiger partial charge in [0.2, 0.25) is 5.96 Å². The summed E-state index contributed by atoms with van der Waals surface area (Å²) in [4.78, 5) is 4.25. The maximum Gasteiger partial charge on any atom is 0.205 e. The van der Waals surface area contributed by atoms with E-state index >= 15 is 0 Å². The van der Waals surface area contributed by atoms with Crippen molar-refractivity contribution in [2.45, 2.75) is 12.5 Å². The zero-order chi connectivity index (χ0) is 12.9. The van der Waals surface area contributed by atoms with Crippen molar-refractivity contribution in [3.05, 3.63) is 0 Å². The van der Waals surface area contributed by atoms with Crippen LogP contribution >= 0.6 is 0 Å². The van der Waals surface area contributed by atoms with E-state index in [0.717, 1.165) is 13.0 Å². The van der Waals surface area contributed by atoms with E-state index in [0.29, 0.717) is 25.7 Å². The molecule has 0 saturated carbocycles. The van der Waals surface area contributed by atoms with Gasteiger partial charge in [-0.25, -0.2) is 10.8 Å². The van der Waals surface area contributed by atoms with Crippen molar-refractivity contribution in [1.82, 2.24) is 10.7 Å². The largest absolute Gasteiger partial charge is 0.385 e. The number of nitrogens with one attached hydrogen (secondary N) is 2. The number of nitrogens with zero attached hydrogens (tertiary/aromatic N) is 1. The van der Waals surface area contributed by atoms with E-state index < -0.39 is 0 Å². The summed E-state index contributed by atoms with van der Waals surface area (Å²) in [6, 6.07) is 0. The van der Waals surface area contributed by atoms with Gasteiger partial charge in [-0.1, -0.05) is 0 Å². The number of hydrogen-bond acceptors (Lipinski definition) is 5. The van der Waals surface area contributed by atoms with Crippen molar-refractivity contribution in [3.8, 4) is 0 Å². The molecular weight excluding hydrogens is 224 g/mol. The molecule has 17 heavy (non-hydrogen) atoms. The van der Waals surface area contributed by atoms with Gasteiger partial charge in [0.1, 0.15) is 6.10 Å². The molecule has 0 aromatic rings. The maximum absolute atomic E-state index is 5.34. The number of nitrogens with two attached hydrogens (primary N) is 1. The minimum atomic E-state index is -0.0656. The van der Waals surface area contributed by atoms with E-state index in [1.165, 1.54) is 0 Å². The van der Waals surface area contributed by atoms with Crippen LogP contribution in [-0.4, -0.2) is 59.7 Å². The lowest BCUT2D eigenvalue weighted by molar-refractivity contribution is 0.0343. The van der Waals surface area contributed by atoms with Gasteiger partial charge in [0.15, 0.2) is 0 Å². The number of guanidine groups is 1. The molecule has 7 heteroatoms. The van der Waals surface area contributed by atoms with Crippen LogP contribution < -0.4 is 16.6 Å². The van der Waals surface area contributed by atoms with Crippen LogP contribution in [0.2, 0.25) is 0 Å². The third-order valence-electron chi connectivity index (χ3n) is 2.09. The summed E-state index contributed by atoms with van der Waals surface area (Å²) >= 11 is 0. The van der Waals surface area contributed by atoms with Crippen LogP contribution in [0.25, 0.3) is 0 Å². The lowest BCUT2D eigenvalue weighted by Crippen LogP contribution is -2.42. The molecule has 0 aromatic carbocycles. The molecule has 0 spiro atoms. The van der Waals surface area contributed by atoms with Crippen LogP contribution in [0.15, 0.2) is 4.99 Å². The van der Waals surface area contributed by atoms with Crippen molar-refractivity contribution < 1.29 is 14.2 Å². The predicted molar refractivity (Wildman–Crippen MR) is 66.8 cm³/mol. The molecule has 7 nitrogen and oxygen atoms in total. The van der Waals surface area contributed by atoms with Crippen molar-refractivity contribution >= 4 is 5.96 Å². The van der Waals surface area contributed by atoms with E-state index in [1.807, 2.05) is 0 Å². The standard InChI is InChI=1S/C10H24N4O3/c1-15-6-4-5-12-10(14-11)13-7-9(17-3)8-16-2/h9H,4-8,11H2,1-3H3,(H2,12,13,14). The SMILES string of the molecule is COCCCNC(=NCC(COC)OC)NN. The average Bonchev–Trinajstić information content (AvgIpc) is 2.36. The van der Waals surface area contributed by atoms with Crippen LogP contribution in [0.3, 0.4) is 0 Å². The number of hydrazine groups is 1. The lowest BCUT2D eigenvalue weighted by Gasteiger charge is -2.13. The first-order valence-corrected chi connectivity index (χ1v) is 5.54. The molecule has 0 bridgehead atoms. The molecule has 102 valence electrons. The lowest BCUT2D eigenvalue weighted by atomic mass is 10.4. The van der Waals surface area contributed by atoms with E-state index in [4.69, 9.17) is 20.1 Å². The summed E-state index contributed by atoms with van der Waals surface area (Å²) in [6.07, 6.45) is 0.826. The molecule has 1 atom stereocenters. The van der Waals surface area contributed by atoms with Gasteiger partial charge in [0, 0.05) is 34.5 Å². The van der Waals surface area contributed by atoms with Gasteiger partial charge >= 0.3 is 0 Å². The Kier molecular flexibility index (Phi) is 11.0. The van der Waals surface area contributed by atoms with E-state index in [1.54, 1.807) is 21.3 Å². The van der Waals surface area contributed by atoms with Crippen LogP contribution in [0.5, 0.6) is 0 Å². The van der Waals surface area contributed by atoms with Crippen molar-refractivity contribution in [2.24, 2.45) is 10.8 Å². The minimum absolute atomic E-state index is 0.0656. The smallest absolute Gasteiger partial charge is 0.205 e. The molecular formula is C10H24N4O3. The Morgan fingerprint density at radius 1 is 1.29 bits per heavy atom. The highest BCUT2D eigenvalue weighted by Crippen LogP contribution is 1.91. The number of hydrogen-bond donors (Lipinski definition) is 3. The van der Waals surface area contributed by atoms with Crippen molar-refractivity contribution in [2.75, 3.05) is 47.6 Å². The van der Waals surface area contributed by atoms with Gasteiger partial charge in [0.05, 0.1) is 13.2 Å². The Balaban J connectivity index is 3.88. The van der Waals surface area contributed by atoms with Gasteiger partial charge < -0.3 is 19.5 Å². The third kappa shape index (κ3) is 8.87. The quantitative estimate of drug-likeness (QED) is 0.161. The first kappa shape index (κ1) is 16.1. The molecule has 0 aliphatic heterocycles. The maximum atomic E-state index is 5.34. The third-order valence-corrected chi connectivity index (χ3v) is 2.09. The molecule has 1 unspecified atom stereocenters. The molecule has 0 aliphatic rings. The number of aliphatic imine (C=N–C) groups is 1. The van der Waals surface area contributed by atoms with E-state index in [9.17, 15) is 0 Å². The predicted octanol–water partition coefficient (Wildman–Crippen LogP) is -0.907. The summed E-state index contributed by atoms with van der Waals surface area (Å²) in [7, 11) is 4.92. The highest BCUT2D eigenvalue weighted by atomic mass is 16.5. The van der Waals surface area contributed by atoms with E-state index in [-0.39, 0.29) is 6.10 Å². The summed E-state index contributed by atoms with van der Waals surface area (Å²) in [5.74, 6) is 5.88.